The van der Waals surface area contributed by atoms with Crippen molar-refractivity contribution in [3.8, 4) is 5.75 Å². The van der Waals surface area contributed by atoms with E-state index in [1.165, 1.54) is 56.7 Å². The van der Waals surface area contributed by atoms with E-state index in [0.717, 1.165) is 31.1 Å². The summed E-state index contributed by atoms with van der Waals surface area (Å²) in [4.78, 5) is 11.1. The molecule has 2 aromatic rings. The number of hydrogen-bond acceptors (Lipinski definition) is 2. The van der Waals surface area contributed by atoms with Crippen molar-refractivity contribution in [1.82, 2.24) is 0 Å². The zero-order chi connectivity index (χ0) is 24.8. The number of rotatable bonds is 14. The minimum atomic E-state index is -4.49. The average Bonchev–Trinajstić information content (AvgIpc) is 2.81. The lowest BCUT2D eigenvalue weighted by molar-refractivity contribution is -0.137. The summed E-state index contributed by atoms with van der Waals surface area (Å²) in [6, 6.07) is 12.1. The van der Waals surface area contributed by atoms with Crippen molar-refractivity contribution in [3.63, 3.8) is 0 Å². The summed E-state index contributed by atoms with van der Waals surface area (Å²) in [6.07, 6.45) is 8.87. The number of unbranched alkanes of at least 4 members (excludes halogenated alkanes) is 7. The topological polar surface area (TPSA) is 46.5 Å². The number of carboxylic acid groups (broad SMARTS) is 1. The van der Waals surface area contributed by atoms with Crippen LogP contribution < -0.4 is 4.74 Å². The third-order valence-corrected chi connectivity index (χ3v) is 5.41. The number of carboxylic acids is 1. The first-order chi connectivity index (χ1) is 16.3. The normalized spacial score (nSPS) is 12.3. The lowest BCUT2D eigenvalue weighted by Gasteiger charge is -2.12. The SMILES string of the molecule is CCCCCCCCCCOc1ccccc1/C=C(/C=C/C(=O)O)c1cccc(C(F)(F)F)c1. The molecule has 0 aliphatic carbocycles. The van der Waals surface area contributed by atoms with E-state index in [9.17, 15) is 18.0 Å². The quantitative estimate of drug-likeness (QED) is 0.129. The van der Waals surface area contributed by atoms with Gasteiger partial charge in [0.2, 0.25) is 0 Å². The molecule has 0 saturated carbocycles. The van der Waals surface area contributed by atoms with Crippen LogP contribution in [0.3, 0.4) is 0 Å². The second kappa shape index (κ2) is 14.3. The lowest BCUT2D eigenvalue weighted by Crippen LogP contribution is -2.05. The first-order valence-electron chi connectivity index (χ1n) is 11.8. The van der Waals surface area contributed by atoms with Crippen LogP contribution in [0.4, 0.5) is 13.2 Å². The Labute approximate surface area is 200 Å². The van der Waals surface area contributed by atoms with Crippen molar-refractivity contribution in [1.29, 1.82) is 0 Å². The molecule has 0 heterocycles. The molecule has 0 aliphatic rings. The van der Waals surface area contributed by atoms with Gasteiger partial charge in [-0.05, 0) is 47.9 Å². The number of aliphatic carboxylic acids is 1. The number of allylic oxidation sites excluding steroid dienone is 2. The highest BCUT2D eigenvalue weighted by Crippen LogP contribution is 2.32. The summed E-state index contributed by atoms with van der Waals surface area (Å²) in [6.45, 7) is 2.75. The zero-order valence-electron chi connectivity index (χ0n) is 19.6. The summed E-state index contributed by atoms with van der Waals surface area (Å²) < 4.78 is 45.5. The molecular weight excluding hydrogens is 441 g/mol. The van der Waals surface area contributed by atoms with Crippen molar-refractivity contribution in [2.24, 2.45) is 0 Å². The Balaban J connectivity index is 2.13. The molecule has 2 rings (SSSR count). The van der Waals surface area contributed by atoms with Crippen LogP contribution in [0.25, 0.3) is 11.6 Å². The van der Waals surface area contributed by atoms with Crippen LogP contribution in [0.5, 0.6) is 5.75 Å². The van der Waals surface area contributed by atoms with Crippen LogP contribution in [0.2, 0.25) is 0 Å². The largest absolute Gasteiger partial charge is 0.493 e. The Morgan fingerprint density at radius 1 is 0.912 bits per heavy atom. The molecule has 0 amide bonds. The van der Waals surface area contributed by atoms with Gasteiger partial charge in [0.05, 0.1) is 12.2 Å². The maximum absolute atomic E-state index is 13.2. The summed E-state index contributed by atoms with van der Waals surface area (Å²) >= 11 is 0. The molecule has 1 N–H and O–H groups in total. The molecule has 2 aromatic carbocycles. The van der Waals surface area contributed by atoms with E-state index in [1.807, 2.05) is 6.07 Å². The fraction of sp³-hybridized carbons (Fsp3) is 0.393. The number of halogens is 3. The van der Waals surface area contributed by atoms with Gasteiger partial charge in [0, 0.05) is 11.6 Å². The third-order valence-electron chi connectivity index (χ3n) is 5.41. The number of ether oxygens (including phenoxy) is 1. The minimum absolute atomic E-state index is 0.269. The van der Waals surface area contributed by atoms with E-state index in [4.69, 9.17) is 9.84 Å². The van der Waals surface area contributed by atoms with Crippen molar-refractivity contribution in [3.05, 3.63) is 77.4 Å². The van der Waals surface area contributed by atoms with Crippen molar-refractivity contribution in [2.75, 3.05) is 6.61 Å². The molecule has 0 spiro atoms. The fourth-order valence-corrected chi connectivity index (χ4v) is 3.58. The smallest absolute Gasteiger partial charge is 0.416 e. The zero-order valence-corrected chi connectivity index (χ0v) is 19.6. The van der Waals surface area contributed by atoms with Gasteiger partial charge in [0.15, 0.2) is 0 Å². The second-order valence-corrected chi connectivity index (χ2v) is 8.21. The van der Waals surface area contributed by atoms with Gasteiger partial charge in [-0.2, -0.15) is 13.2 Å². The van der Waals surface area contributed by atoms with Crippen molar-refractivity contribution in [2.45, 2.75) is 64.5 Å². The van der Waals surface area contributed by atoms with Gasteiger partial charge in [0.25, 0.3) is 0 Å². The number of hydrogen-bond donors (Lipinski definition) is 1. The molecule has 34 heavy (non-hydrogen) atoms. The Bertz CT molecular complexity index is 961. The van der Waals surface area contributed by atoms with Crippen molar-refractivity contribution >= 4 is 17.6 Å². The predicted octanol–water partition coefficient (Wildman–Crippen LogP) is 8.41. The molecule has 184 valence electrons. The van der Waals surface area contributed by atoms with E-state index in [1.54, 1.807) is 24.3 Å². The first kappa shape index (κ1) is 27.2. The van der Waals surface area contributed by atoms with Crippen LogP contribution in [0.1, 0.15) is 75.0 Å². The number of para-hydroxylation sites is 1. The van der Waals surface area contributed by atoms with E-state index in [2.05, 4.69) is 6.92 Å². The highest BCUT2D eigenvalue weighted by atomic mass is 19.4. The summed E-state index contributed by atoms with van der Waals surface area (Å²) in [7, 11) is 0. The highest BCUT2D eigenvalue weighted by Gasteiger charge is 2.30. The number of carbonyl (C=O) groups is 1. The lowest BCUT2D eigenvalue weighted by atomic mass is 9.99. The van der Waals surface area contributed by atoms with Gasteiger partial charge in [-0.3, -0.25) is 0 Å². The maximum atomic E-state index is 13.2. The van der Waals surface area contributed by atoms with Gasteiger partial charge in [-0.15, -0.1) is 0 Å². The number of alkyl halides is 3. The summed E-state index contributed by atoms with van der Waals surface area (Å²) in [5.41, 5.74) is 0.491. The van der Waals surface area contributed by atoms with Gasteiger partial charge in [-0.25, -0.2) is 4.79 Å². The molecule has 0 atom stereocenters. The Kier molecular flexibility index (Phi) is 11.4. The molecule has 6 heteroatoms. The molecule has 0 bridgehead atoms. The second-order valence-electron chi connectivity index (χ2n) is 8.21. The number of benzene rings is 2. The van der Waals surface area contributed by atoms with Crippen LogP contribution >= 0.6 is 0 Å². The Morgan fingerprint density at radius 3 is 2.26 bits per heavy atom. The van der Waals surface area contributed by atoms with Crippen LogP contribution in [-0.4, -0.2) is 17.7 Å². The third kappa shape index (κ3) is 9.86. The maximum Gasteiger partial charge on any atom is 0.416 e. The first-order valence-corrected chi connectivity index (χ1v) is 11.8. The molecule has 0 aromatic heterocycles. The van der Waals surface area contributed by atoms with Gasteiger partial charge >= 0.3 is 12.1 Å². The Morgan fingerprint density at radius 2 is 1.59 bits per heavy atom. The average molecular weight is 475 g/mol. The monoisotopic (exact) mass is 474 g/mol. The van der Waals surface area contributed by atoms with Gasteiger partial charge < -0.3 is 9.84 Å². The van der Waals surface area contributed by atoms with Crippen molar-refractivity contribution < 1.29 is 27.8 Å². The predicted molar refractivity (Wildman–Crippen MR) is 131 cm³/mol. The molecule has 0 radical (unpaired) electrons. The standard InChI is InChI=1S/C28H33F3O3/c1-2-3-4-5-6-7-8-11-19-34-26-16-10-9-13-24(26)20-23(17-18-27(32)33)22-14-12-15-25(21-22)28(29,30)31/h9-10,12-18,20-21H,2-8,11,19H2,1H3,(H,32,33)/b18-17+,23-20-. The highest BCUT2D eigenvalue weighted by molar-refractivity contribution is 5.92. The summed E-state index contributed by atoms with van der Waals surface area (Å²) in [5, 5.41) is 9.04. The Hall–Kier alpha value is -3.02. The molecule has 0 aliphatic heterocycles. The van der Waals surface area contributed by atoms with E-state index in [0.29, 0.717) is 23.5 Å². The fourth-order valence-electron chi connectivity index (χ4n) is 3.58. The summed E-state index contributed by atoms with van der Waals surface area (Å²) in [5.74, 6) is -0.573. The van der Waals surface area contributed by atoms with Gasteiger partial charge in [0.1, 0.15) is 5.75 Å². The van der Waals surface area contributed by atoms with E-state index < -0.39 is 17.7 Å². The van der Waals surface area contributed by atoms with Gasteiger partial charge in [-0.1, -0.05) is 82.2 Å². The molecule has 0 unspecified atom stereocenters. The molecule has 0 saturated heterocycles. The van der Waals surface area contributed by atoms with E-state index in [-0.39, 0.29) is 5.56 Å². The minimum Gasteiger partial charge on any atom is -0.493 e. The molecule has 0 fully saturated rings. The van der Waals surface area contributed by atoms with Crippen LogP contribution in [-0.2, 0) is 11.0 Å². The van der Waals surface area contributed by atoms with E-state index >= 15 is 0 Å². The van der Waals surface area contributed by atoms with Crippen LogP contribution in [0, 0.1) is 0 Å². The van der Waals surface area contributed by atoms with Crippen LogP contribution in [0.15, 0.2) is 60.7 Å². The molecular formula is C28H33F3O3. The molecule has 3 nitrogen and oxygen atoms in total.